The molecule has 1 aromatic carbocycles. The number of benzene rings is 1. The van der Waals surface area contributed by atoms with Crippen LogP contribution >= 0.6 is 0 Å². The molecular weight excluding hydrogens is 376 g/mol. The van der Waals surface area contributed by atoms with Crippen LogP contribution < -0.4 is 0 Å². The molecule has 0 saturated heterocycles. The van der Waals surface area contributed by atoms with E-state index in [0.717, 1.165) is 29.6 Å². The molecule has 2 aromatic rings. The van der Waals surface area contributed by atoms with Crippen LogP contribution in [0.4, 0.5) is 0 Å². The molecular formula is C29H44N2. The zero-order valence-electron chi connectivity index (χ0n) is 20.1. The van der Waals surface area contributed by atoms with Crippen molar-refractivity contribution in [1.82, 2.24) is 9.97 Å². The summed E-state index contributed by atoms with van der Waals surface area (Å²) in [5.74, 6) is 2.81. The van der Waals surface area contributed by atoms with Gasteiger partial charge in [-0.25, -0.2) is 9.97 Å². The number of rotatable bonds is 13. The molecule has 1 aromatic heterocycles. The highest BCUT2D eigenvalue weighted by molar-refractivity contribution is 5.55. The smallest absolute Gasteiger partial charge is 0.159 e. The van der Waals surface area contributed by atoms with E-state index in [1.807, 2.05) is 12.4 Å². The Morgan fingerprint density at radius 2 is 1.26 bits per heavy atom. The highest BCUT2D eigenvalue weighted by atomic mass is 14.9. The summed E-state index contributed by atoms with van der Waals surface area (Å²) >= 11 is 0. The Morgan fingerprint density at radius 3 is 1.90 bits per heavy atom. The second-order valence-electron chi connectivity index (χ2n) is 9.84. The lowest BCUT2D eigenvalue weighted by molar-refractivity contribution is 0.250. The normalized spacial score (nSPS) is 18.9. The fraction of sp³-hybridized carbons (Fsp3) is 0.655. The molecule has 3 rings (SSSR count). The third kappa shape index (κ3) is 8.39. The summed E-state index contributed by atoms with van der Waals surface area (Å²) in [5, 5.41) is 0. The minimum absolute atomic E-state index is 0.853. The lowest BCUT2D eigenvalue weighted by Crippen LogP contribution is -2.15. The molecule has 0 unspecified atom stereocenters. The van der Waals surface area contributed by atoms with Crippen molar-refractivity contribution < 1.29 is 0 Å². The van der Waals surface area contributed by atoms with E-state index < -0.39 is 0 Å². The summed E-state index contributed by atoms with van der Waals surface area (Å²) in [5.41, 5.74) is 3.86. The molecule has 0 atom stereocenters. The van der Waals surface area contributed by atoms with Crippen molar-refractivity contribution in [3.63, 3.8) is 0 Å². The average molecular weight is 421 g/mol. The van der Waals surface area contributed by atoms with Crippen molar-refractivity contribution in [2.24, 2.45) is 11.8 Å². The van der Waals surface area contributed by atoms with Gasteiger partial charge in [0.15, 0.2) is 5.82 Å². The SMILES string of the molecule is CCCCCCCc1cnc(-c2ccc(CCC3CCC(CCCC)CC3)cc2)nc1. The van der Waals surface area contributed by atoms with Crippen LogP contribution in [0.3, 0.4) is 0 Å². The summed E-state index contributed by atoms with van der Waals surface area (Å²) in [7, 11) is 0. The predicted molar refractivity (Wildman–Crippen MR) is 133 cm³/mol. The standard InChI is InChI=1S/C29H44N2/c1-3-5-7-8-9-11-27-22-30-29(31-23-27)28-20-18-26(19-21-28)17-16-25-14-12-24(13-15-25)10-6-4-2/h18-25H,3-17H2,1-2H3. The third-order valence-electron chi connectivity index (χ3n) is 7.26. The van der Waals surface area contributed by atoms with Crippen LogP contribution in [0.25, 0.3) is 11.4 Å². The molecule has 31 heavy (non-hydrogen) atoms. The molecule has 0 spiro atoms. The van der Waals surface area contributed by atoms with Crippen LogP contribution in [0.5, 0.6) is 0 Å². The molecule has 0 amide bonds. The van der Waals surface area contributed by atoms with E-state index in [0.29, 0.717) is 0 Å². The molecule has 0 N–H and O–H groups in total. The van der Waals surface area contributed by atoms with Crippen LogP contribution in [0.15, 0.2) is 36.7 Å². The molecule has 1 saturated carbocycles. The van der Waals surface area contributed by atoms with Gasteiger partial charge in [-0.3, -0.25) is 0 Å². The first-order valence-corrected chi connectivity index (χ1v) is 13.2. The third-order valence-corrected chi connectivity index (χ3v) is 7.26. The summed E-state index contributed by atoms with van der Waals surface area (Å²) in [6.07, 6.45) is 24.3. The number of unbranched alkanes of at least 4 members (excludes halogenated alkanes) is 5. The van der Waals surface area contributed by atoms with Crippen molar-refractivity contribution in [2.75, 3.05) is 0 Å². The molecule has 2 heteroatoms. The Labute approximate surface area is 191 Å². The van der Waals surface area contributed by atoms with Gasteiger partial charge in [-0.1, -0.05) is 109 Å². The van der Waals surface area contributed by atoms with Crippen molar-refractivity contribution in [1.29, 1.82) is 0 Å². The van der Waals surface area contributed by atoms with Crippen LogP contribution in [0, 0.1) is 11.8 Å². The maximum atomic E-state index is 4.63. The van der Waals surface area contributed by atoms with Gasteiger partial charge in [-0.05, 0) is 48.6 Å². The van der Waals surface area contributed by atoms with Gasteiger partial charge in [0.2, 0.25) is 0 Å². The van der Waals surface area contributed by atoms with E-state index in [-0.39, 0.29) is 0 Å². The largest absolute Gasteiger partial charge is 0.236 e. The van der Waals surface area contributed by atoms with Gasteiger partial charge in [0.1, 0.15) is 0 Å². The van der Waals surface area contributed by atoms with Gasteiger partial charge >= 0.3 is 0 Å². The molecule has 1 heterocycles. The maximum Gasteiger partial charge on any atom is 0.159 e. The van der Waals surface area contributed by atoms with Gasteiger partial charge in [0.05, 0.1) is 0 Å². The molecule has 1 fully saturated rings. The van der Waals surface area contributed by atoms with Crippen LogP contribution in [0.1, 0.15) is 108 Å². The summed E-state index contributed by atoms with van der Waals surface area (Å²) in [6, 6.07) is 8.98. The zero-order chi connectivity index (χ0) is 21.7. The zero-order valence-corrected chi connectivity index (χ0v) is 20.1. The summed E-state index contributed by atoms with van der Waals surface area (Å²) in [6.45, 7) is 4.58. The lowest BCUT2D eigenvalue weighted by Gasteiger charge is -2.28. The number of aromatic nitrogens is 2. The second-order valence-corrected chi connectivity index (χ2v) is 9.84. The topological polar surface area (TPSA) is 25.8 Å². The van der Waals surface area contributed by atoms with Crippen LogP contribution in [-0.4, -0.2) is 9.97 Å². The lowest BCUT2D eigenvalue weighted by atomic mass is 9.78. The molecule has 0 bridgehead atoms. The molecule has 1 aliphatic carbocycles. The number of hydrogen-bond donors (Lipinski definition) is 0. The van der Waals surface area contributed by atoms with Crippen LogP contribution in [0.2, 0.25) is 0 Å². The highest BCUT2D eigenvalue weighted by Gasteiger charge is 2.20. The van der Waals surface area contributed by atoms with E-state index in [1.165, 1.54) is 101 Å². The van der Waals surface area contributed by atoms with Crippen molar-refractivity contribution >= 4 is 0 Å². The van der Waals surface area contributed by atoms with Gasteiger partial charge in [-0.15, -0.1) is 0 Å². The Balaban J connectivity index is 1.40. The van der Waals surface area contributed by atoms with Crippen molar-refractivity contribution in [3.05, 3.63) is 47.8 Å². The van der Waals surface area contributed by atoms with Gasteiger partial charge in [0.25, 0.3) is 0 Å². The Morgan fingerprint density at radius 1 is 0.645 bits per heavy atom. The van der Waals surface area contributed by atoms with Crippen molar-refractivity contribution in [2.45, 2.75) is 110 Å². The van der Waals surface area contributed by atoms with E-state index >= 15 is 0 Å². The Hall–Kier alpha value is -1.70. The Kier molecular flexibility index (Phi) is 10.6. The van der Waals surface area contributed by atoms with E-state index in [1.54, 1.807) is 0 Å². The van der Waals surface area contributed by atoms with E-state index in [9.17, 15) is 0 Å². The number of hydrogen-bond acceptors (Lipinski definition) is 2. The van der Waals surface area contributed by atoms with Gasteiger partial charge in [0, 0.05) is 18.0 Å². The summed E-state index contributed by atoms with van der Waals surface area (Å²) in [4.78, 5) is 9.26. The predicted octanol–water partition coefficient (Wildman–Crippen LogP) is 8.59. The van der Waals surface area contributed by atoms with E-state index in [2.05, 4.69) is 48.1 Å². The van der Waals surface area contributed by atoms with Gasteiger partial charge < -0.3 is 0 Å². The maximum absolute atomic E-state index is 4.63. The monoisotopic (exact) mass is 420 g/mol. The fourth-order valence-corrected chi connectivity index (χ4v) is 5.06. The molecule has 0 radical (unpaired) electrons. The van der Waals surface area contributed by atoms with Crippen molar-refractivity contribution in [3.8, 4) is 11.4 Å². The summed E-state index contributed by atoms with van der Waals surface area (Å²) < 4.78 is 0. The first kappa shape index (κ1) is 24.0. The quantitative estimate of drug-likeness (QED) is 0.303. The van der Waals surface area contributed by atoms with Gasteiger partial charge in [-0.2, -0.15) is 0 Å². The highest BCUT2D eigenvalue weighted by Crippen LogP contribution is 2.34. The minimum Gasteiger partial charge on any atom is -0.236 e. The molecule has 2 nitrogen and oxygen atoms in total. The second kappa shape index (κ2) is 13.7. The number of nitrogens with zero attached hydrogens (tertiary/aromatic N) is 2. The Bertz CT molecular complexity index is 711. The fourth-order valence-electron chi connectivity index (χ4n) is 5.06. The first-order chi connectivity index (χ1) is 15.3. The molecule has 170 valence electrons. The minimum atomic E-state index is 0.853. The average Bonchev–Trinajstić information content (AvgIpc) is 2.83. The molecule has 0 aliphatic heterocycles. The molecule has 1 aliphatic rings. The first-order valence-electron chi connectivity index (χ1n) is 13.2. The number of aryl methyl sites for hydroxylation is 2. The van der Waals surface area contributed by atoms with Crippen LogP contribution in [-0.2, 0) is 12.8 Å². The van der Waals surface area contributed by atoms with E-state index in [4.69, 9.17) is 0 Å².